The summed E-state index contributed by atoms with van der Waals surface area (Å²) in [7, 11) is 0. The maximum Gasteiger partial charge on any atom is 0.336 e. The van der Waals surface area contributed by atoms with Crippen LogP contribution in [-0.4, -0.2) is 27.0 Å². The third kappa shape index (κ3) is 5.14. The fourth-order valence-corrected chi connectivity index (χ4v) is 3.83. The van der Waals surface area contributed by atoms with Gasteiger partial charge in [0.15, 0.2) is 0 Å². The molecule has 0 radical (unpaired) electrons. The van der Waals surface area contributed by atoms with E-state index in [2.05, 4.69) is 10.6 Å². The average molecular weight is 489 g/mol. The average Bonchev–Trinajstić information content (AvgIpc) is 3.39. The van der Waals surface area contributed by atoms with Crippen molar-refractivity contribution in [2.24, 2.45) is 0 Å². The van der Waals surface area contributed by atoms with Crippen molar-refractivity contribution < 1.29 is 14.0 Å². The Kier molecular flexibility index (Phi) is 7.19. The molecule has 9 nitrogen and oxygen atoms in total. The van der Waals surface area contributed by atoms with Crippen molar-refractivity contribution in [1.29, 1.82) is 0 Å². The second-order valence-electron chi connectivity index (χ2n) is 8.72. The van der Waals surface area contributed by atoms with Crippen molar-refractivity contribution in [1.82, 2.24) is 19.8 Å². The zero-order chi connectivity index (χ0) is 25.8. The number of carbonyl (C=O) groups excluding carboxylic acids is 2. The maximum absolute atomic E-state index is 13.6. The molecule has 0 saturated carbocycles. The molecular formula is C27H28N4O5. The van der Waals surface area contributed by atoms with E-state index in [9.17, 15) is 19.2 Å². The van der Waals surface area contributed by atoms with E-state index < -0.39 is 17.2 Å². The van der Waals surface area contributed by atoms with Gasteiger partial charge in [0, 0.05) is 11.6 Å². The van der Waals surface area contributed by atoms with E-state index in [0.29, 0.717) is 11.4 Å². The largest absolute Gasteiger partial charge is 0.467 e. The lowest BCUT2D eigenvalue weighted by molar-refractivity contribution is -0.122. The van der Waals surface area contributed by atoms with E-state index in [4.69, 9.17) is 4.42 Å². The first kappa shape index (κ1) is 24.7. The SMILES string of the molecule is CCC(C)NC(=O)Cn1c(=O)n(-c2ccc(C)cc2)c(=O)c2ccc(C(=O)NCc3ccco3)cc21. The van der Waals surface area contributed by atoms with Gasteiger partial charge in [-0.3, -0.25) is 19.0 Å². The number of hydrogen-bond acceptors (Lipinski definition) is 5. The molecule has 2 aromatic heterocycles. The number of aromatic nitrogens is 2. The Morgan fingerprint density at radius 3 is 2.47 bits per heavy atom. The van der Waals surface area contributed by atoms with Crippen LogP contribution in [0.25, 0.3) is 16.6 Å². The predicted molar refractivity (Wildman–Crippen MR) is 136 cm³/mol. The van der Waals surface area contributed by atoms with E-state index >= 15 is 0 Å². The van der Waals surface area contributed by atoms with Crippen LogP contribution in [-0.2, 0) is 17.9 Å². The summed E-state index contributed by atoms with van der Waals surface area (Å²) in [6.07, 6.45) is 2.24. The highest BCUT2D eigenvalue weighted by atomic mass is 16.3. The molecule has 0 aliphatic carbocycles. The highest BCUT2D eigenvalue weighted by Gasteiger charge is 2.19. The Balaban J connectivity index is 1.82. The Labute approximate surface area is 207 Å². The molecule has 9 heteroatoms. The number of aryl methyl sites for hydroxylation is 1. The van der Waals surface area contributed by atoms with Crippen LogP contribution in [0, 0.1) is 6.92 Å². The highest BCUT2D eigenvalue weighted by molar-refractivity contribution is 5.98. The van der Waals surface area contributed by atoms with Gasteiger partial charge in [-0.15, -0.1) is 0 Å². The van der Waals surface area contributed by atoms with Crippen molar-refractivity contribution in [2.45, 2.75) is 46.3 Å². The third-order valence-corrected chi connectivity index (χ3v) is 6.02. The number of rotatable bonds is 8. The molecule has 36 heavy (non-hydrogen) atoms. The normalized spacial score (nSPS) is 11.9. The van der Waals surface area contributed by atoms with Crippen molar-refractivity contribution in [3.63, 3.8) is 0 Å². The van der Waals surface area contributed by atoms with Gasteiger partial charge in [0.25, 0.3) is 11.5 Å². The van der Waals surface area contributed by atoms with Gasteiger partial charge in [-0.2, -0.15) is 0 Å². The van der Waals surface area contributed by atoms with Crippen LogP contribution >= 0.6 is 0 Å². The first-order chi connectivity index (χ1) is 17.3. The van der Waals surface area contributed by atoms with Gasteiger partial charge in [0.05, 0.1) is 29.4 Å². The smallest absolute Gasteiger partial charge is 0.336 e. The monoisotopic (exact) mass is 488 g/mol. The zero-order valence-corrected chi connectivity index (χ0v) is 20.4. The molecule has 2 aromatic carbocycles. The van der Waals surface area contributed by atoms with E-state index in [1.165, 1.54) is 29.0 Å². The summed E-state index contributed by atoms with van der Waals surface area (Å²) >= 11 is 0. The predicted octanol–water partition coefficient (Wildman–Crippen LogP) is 2.90. The maximum atomic E-state index is 13.6. The van der Waals surface area contributed by atoms with Crippen molar-refractivity contribution >= 4 is 22.7 Å². The molecule has 0 aliphatic rings. The van der Waals surface area contributed by atoms with Gasteiger partial charge in [-0.25, -0.2) is 9.36 Å². The third-order valence-electron chi connectivity index (χ3n) is 6.02. The Bertz CT molecular complexity index is 1520. The van der Waals surface area contributed by atoms with Crippen molar-refractivity contribution in [3.05, 3.63) is 98.6 Å². The number of fused-ring (bicyclic) bond motifs is 1. The van der Waals surface area contributed by atoms with E-state index in [1.807, 2.05) is 20.8 Å². The summed E-state index contributed by atoms with van der Waals surface area (Å²) < 4.78 is 7.52. The summed E-state index contributed by atoms with van der Waals surface area (Å²) in [5.74, 6) is -0.183. The molecule has 2 N–H and O–H groups in total. The van der Waals surface area contributed by atoms with Gasteiger partial charge < -0.3 is 15.1 Å². The van der Waals surface area contributed by atoms with Gasteiger partial charge in [0.2, 0.25) is 5.91 Å². The highest BCUT2D eigenvalue weighted by Crippen LogP contribution is 2.14. The van der Waals surface area contributed by atoms with Crippen LogP contribution in [0.1, 0.15) is 41.9 Å². The van der Waals surface area contributed by atoms with E-state index in [1.54, 1.807) is 36.4 Å². The quantitative estimate of drug-likeness (QED) is 0.396. The van der Waals surface area contributed by atoms with Crippen LogP contribution in [0.2, 0.25) is 0 Å². The van der Waals surface area contributed by atoms with Crippen LogP contribution in [0.15, 0.2) is 74.9 Å². The first-order valence-electron chi connectivity index (χ1n) is 11.7. The Hall–Kier alpha value is -4.40. The Morgan fingerprint density at radius 2 is 1.81 bits per heavy atom. The van der Waals surface area contributed by atoms with Crippen LogP contribution in [0.4, 0.5) is 0 Å². The molecule has 0 fully saturated rings. The fourth-order valence-electron chi connectivity index (χ4n) is 3.83. The summed E-state index contributed by atoms with van der Waals surface area (Å²) in [6, 6.07) is 14.9. The molecule has 0 saturated heterocycles. The lowest BCUT2D eigenvalue weighted by Gasteiger charge is -2.17. The molecule has 4 aromatic rings. The second kappa shape index (κ2) is 10.5. The molecular weight excluding hydrogens is 460 g/mol. The topological polar surface area (TPSA) is 115 Å². The molecule has 2 heterocycles. The summed E-state index contributed by atoms with van der Waals surface area (Å²) in [5, 5.41) is 5.81. The minimum absolute atomic E-state index is 0.0783. The summed E-state index contributed by atoms with van der Waals surface area (Å²) in [6.45, 7) is 5.60. The molecule has 0 spiro atoms. The molecule has 0 aliphatic heterocycles. The van der Waals surface area contributed by atoms with E-state index in [-0.39, 0.29) is 41.5 Å². The molecule has 4 rings (SSSR count). The standard InChI is InChI=1S/C27H28N4O5/c1-4-18(3)29-24(32)16-30-23-14-19(25(33)28-15-21-6-5-13-36-21)9-12-22(23)26(34)31(27(30)35)20-10-7-17(2)8-11-20/h5-14,18H,4,15-16H2,1-3H3,(H,28,33)(H,29,32). The number of nitrogens with one attached hydrogen (secondary N) is 2. The minimum Gasteiger partial charge on any atom is -0.467 e. The summed E-state index contributed by atoms with van der Waals surface area (Å²) in [4.78, 5) is 52.5. The van der Waals surface area contributed by atoms with Gasteiger partial charge in [0.1, 0.15) is 12.3 Å². The van der Waals surface area contributed by atoms with Gasteiger partial charge in [-0.1, -0.05) is 24.6 Å². The lowest BCUT2D eigenvalue weighted by Crippen LogP contribution is -2.43. The number of furan rings is 1. The first-order valence-corrected chi connectivity index (χ1v) is 11.7. The fraction of sp³-hybridized carbons (Fsp3) is 0.259. The van der Waals surface area contributed by atoms with Gasteiger partial charge in [-0.05, 0) is 62.7 Å². The number of benzene rings is 2. The molecule has 1 unspecified atom stereocenters. The summed E-state index contributed by atoms with van der Waals surface area (Å²) in [5.41, 5.74) is 0.638. The van der Waals surface area contributed by atoms with Crippen LogP contribution in [0.3, 0.4) is 0 Å². The molecule has 186 valence electrons. The lowest BCUT2D eigenvalue weighted by atomic mass is 10.1. The van der Waals surface area contributed by atoms with Crippen LogP contribution in [0.5, 0.6) is 0 Å². The second-order valence-corrected chi connectivity index (χ2v) is 8.72. The van der Waals surface area contributed by atoms with Gasteiger partial charge >= 0.3 is 5.69 Å². The molecule has 2 amide bonds. The number of amides is 2. The number of hydrogen-bond donors (Lipinski definition) is 2. The molecule has 1 atom stereocenters. The zero-order valence-electron chi connectivity index (χ0n) is 20.4. The van der Waals surface area contributed by atoms with Crippen molar-refractivity contribution in [2.75, 3.05) is 0 Å². The number of nitrogens with zero attached hydrogens (tertiary/aromatic N) is 2. The van der Waals surface area contributed by atoms with Crippen LogP contribution < -0.4 is 21.9 Å². The number of carbonyl (C=O) groups is 2. The minimum atomic E-state index is -0.663. The Morgan fingerprint density at radius 1 is 1.06 bits per heavy atom. The van der Waals surface area contributed by atoms with Crippen molar-refractivity contribution in [3.8, 4) is 5.69 Å². The van der Waals surface area contributed by atoms with E-state index in [0.717, 1.165) is 16.6 Å². The molecule has 0 bridgehead atoms.